The summed E-state index contributed by atoms with van der Waals surface area (Å²) in [6, 6.07) is 9.26. The second-order valence-corrected chi connectivity index (χ2v) is 7.23. The highest BCUT2D eigenvalue weighted by molar-refractivity contribution is 5.92. The molecular formula is C21H21N7O2. The maximum atomic E-state index is 9.48. The zero-order chi connectivity index (χ0) is 21.3. The number of H-pyrrole nitrogens is 1. The minimum Gasteiger partial charge on any atom is -0.491 e. The Hall–Kier alpha value is -3.77. The SMILES string of the molecule is CC(C)Oc1ccc2[nH]nc(-c3nccc(-c4cn(C(C)CO)nc4C#N)n3)c2c1. The number of nitrogens with one attached hydrogen (secondary N) is 1. The molecule has 1 atom stereocenters. The molecule has 3 heterocycles. The monoisotopic (exact) mass is 403 g/mol. The van der Waals surface area contributed by atoms with Crippen LogP contribution in [0.5, 0.6) is 5.75 Å². The third-order valence-electron chi connectivity index (χ3n) is 4.60. The highest BCUT2D eigenvalue weighted by Crippen LogP contribution is 2.29. The largest absolute Gasteiger partial charge is 0.491 e. The molecule has 0 amide bonds. The van der Waals surface area contributed by atoms with E-state index >= 15 is 0 Å². The van der Waals surface area contributed by atoms with Crippen LogP contribution in [0.4, 0.5) is 0 Å². The number of aromatic amines is 1. The van der Waals surface area contributed by atoms with Crippen LogP contribution < -0.4 is 4.74 Å². The van der Waals surface area contributed by atoms with Crippen LogP contribution >= 0.6 is 0 Å². The fraction of sp³-hybridized carbons (Fsp3) is 0.286. The molecule has 1 aromatic carbocycles. The minimum absolute atomic E-state index is 0.0552. The fourth-order valence-corrected chi connectivity index (χ4v) is 3.10. The van der Waals surface area contributed by atoms with Crippen molar-refractivity contribution in [3.8, 4) is 34.6 Å². The van der Waals surface area contributed by atoms with Gasteiger partial charge in [0, 0.05) is 17.8 Å². The number of nitrogens with zero attached hydrogens (tertiary/aromatic N) is 6. The summed E-state index contributed by atoms with van der Waals surface area (Å²) in [5.74, 6) is 1.16. The molecule has 3 aromatic heterocycles. The van der Waals surface area contributed by atoms with Crippen molar-refractivity contribution < 1.29 is 9.84 Å². The van der Waals surface area contributed by atoms with Crippen LogP contribution in [-0.4, -0.2) is 47.8 Å². The molecule has 152 valence electrons. The van der Waals surface area contributed by atoms with Gasteiger partial charge in [0.25, 0.3) is 0 Å². The molecule has 0 aliphatic heterocycles. The van der Waals surface area contributed by atoms with Crippen molar-refractivity contribution in [1.29, 1.82) is 5.26 Å². The first-order valence-corrected chi connectivity index (χ1v) is 9.58. The van der Waals surface area contributed by atoms with Crippen molar-refractivity contribution in [2.24, 2.45) is 0 Å². The predicted octanol–water partition coefficient (Wildman–Crippen LogP) is 3.10. The summed E-state index contributed by atoms with van der Waals surface area (Å²) in [4.78, 5) is 9.01. The van der Waals surface area contributed by atoms with Crippen LogP contribution in [0.2, 0.25) is 0 Å². The summed E-state index contributed by atoms with van der Waals surface area (Å²) >= 11 is 0. The lowest BCUT2D eigenvalue weighted by atomic mass is 10.1. The Morgan fingerprint density at radius 1 is 1.27 bits per heavy atom. The van der Waals surface area contributed by atoms with Gasteiger partial charge in [-0.2, -0.15) is 15.5 Å². The van der Waals surface area contributed by atoms with Crippen molar-refractivity contribution >= 4 is 10.9 Å². The normalized spacial score (nSPS) is 12.3. The van der Waals surface area contributed by atoms with Gasteiger partial charge in [0.2, 0.25) is 0 Å². The summed E-state index contributed by atoms with van der Waals surface area (Å²) in [6.07, 6.45) is 3.39. The molecule has 0 spiro atoms. The van der Waals surface area contributed by atoms with Crippen molar-refractivity contribution in [1.82, 2.24) is 29.9 Å². The lowest BCUT2D eigenvalue weighted by Crippen LogP contribution is -2.09. The summed E-state index contributed by atoms with van der Waals surface area (Å²) < 4.78 is 7.36. The smallest absolute Gasteiger partial charge is 0.181 e. The molecule has 0 saturated heterocycles. The Balaban J connectivity index is 1.78. The van der Waals surface area contributed by atoms with Crippen LogP contribution in [0.15, 0.2) is 36.7 Å². The maximum Gasteiger partial charge on any atom is 0.181 e. The van der Waals surface area contributed by atoms with Gasteiger partial charge in [0.15, 0.2) is 11.5 Å². The van der Waals surface area contributed by atoms with Crippen LogP contribution in [0.1, 0.15) is 32.5 Å². The van der Waals surface area contributed by atoms with E-state index in [9.17, 15) is 10.4 Å². The Bertz CT molecular complexity index is 1240. The molecule has 0 aliphatic carbocycles. The van der Waals surface area contributed by atoms with E-state index in [-0.39, 0.29) is 24.4 Å². The van der Waals surface area contributed by atoms with Crippen LogP contribution in [0.25, 0.3) is 33.7 Å². The molecule has 0 aliphatic rings. The number of ether oxygens (including phenoxy) is 1. The minimum atomic E-state index is -0.248. The lowest BCUT2D eigenvalue weighted by molar-refractivity contribution is 0.229. The summed E-state index contributed by atoms with van der Waals surface area (Å²) in [5, 5.41) is 31.3. The van der Waals surface area contributed by atoms with Crippen molar-refractivity contribution in [3.63, 3.8) is 0 Å². The molecular weight excluding hydrogens is 382 g/mol. The van der Waals surface area contributed by atoms with Crippen molar-refractivity contribution in [2.75, 3.05) is 6.61 Å². The zero-order valence-corrected chi connectivity index (χ0v) is 16.9. The van der Waals surface area contributed by atoms with E-state index in [4.69, 9.17) is 4.74 Å². The Labute approximate surface area is 173 Å². The molecule has 9 nitrogen and oxygen atoms in total. The van der Waals surface area contributed by atoms with Gasteiger partial charge in [0.05, 0.1) is 35.5 Å². The molecule has 1 unspecified atom stereocenters. The van der Waals surface area contributed by atoms with Gasteiger partial charge in [-0.3, -0.25) is 9.78 Å². The molecule has 0 saturated carbocycles. The van der Waals surface area contributed by atoms with E-state index in [0.29, 0.717) is 22.8 Å². The maximum absolute atomic E-state index is 9.48. The quantitative estimate of drug-likeness (QED) is 0.506. The number of aliphatic hydroxyl groups is 1. The molecule has 30 heavy (non-hydrogen) atoms. The van der Waals surface area contributed by atoms with Gasteiger partial charge in [0.1, 0.15) is 17.5 Å². The number of benzene rings is 1. The topological polar surface area (TPSA) is 126 Å². The molecule has 0 bridgehead atoms. The first-order valence-electron chi connectivity index (χ1n) is 9.58. The number of rotatable bonds is 6. The van der Waals surface area contributed by atoms with Crippen LogP contribution in [0.3, 0.4) is 0 Å². The van der Waals surface area contributed by atoms with Crippen LogP contribution in [0, 0.1) is 11.3 Å². The van der Waals surface area contributed by atoms with Gasteiger partial charge in [-0.25, -0.2) is 9.97 Å². The number of hydrogen-bond acceptors (Lipinski definition) is 7. The van der Waals surface area contributed by atoms with Gasteiger partial charge in [-0.1, -0.05) is 0 Å². The van der Waals surface area contributed by atoms with E-state index in [1.165, 1.54) is 0 Å². The highest BCUT2D eigenvalue weighted by Gasteiger charge is 2.18. The van der Waals surface area contributed by atoms with Gasteiger partial charge < -0.3 is 9.84 Å². The van der Waals surface area contributed by atoms with E-state index in [2.05, 4.69) is 31.3 Å². The number of fused-ring (bicyclic) bond motifs is 1. The molecule has 2 N–H and O–H groups in total. The summed E-state index contributed by atoms with van der Waals surface area (Å²) in [5.41, 5.74) is 2.80. The van der Waals surface area contributed by atoms with Crippen molar-refractivity contribution in [2.45, 2.75) is 32.9 Å². The third kappa shape index (κ3) is 3.60. The van der Waals surface area contributed by atoms with Gasteiger partial charge in [-0.15, -0.1) is 0 Å². The second-order valence-electron chi connectivity index (χ2n) is 7.23. The molecule has 4 rings (SSSR count). The van der Waals surface area contributed by atoms with Crippen LogP contribution in [-0.2, 0) is 0 Å². The fourth-order valence-electron chi connectivity index (χ4n) is 3.10. The van der Waals surface area contributed by atoms with E-state index in [1.54, 1.807) is 23.1 Å². The number of aromatic nitrogens is 6. The average molecular weight is 403 g/mol. The molecule has 4 aromatic rings. The van der Waals surface area contributed by atoms with E-state index in [1.807, 2.05) is 39.0 Å². The standard InChI is InChI=1S/C21H21N7O2/c1-12(2)30-14-4-5-18-15(8-14)20(26-25-18)21-23-7-6-17(24-21)16-10-28(13(3)11-29)27-19(16)9-22/h4-8,10,12-13,29H,11H2,1-3H3,(H,25,26). The second kappa shape index (κ2) is 7.93. The summed E-state index contributed by atoms with van der Waals surface area (Å²) in [7, 11) is 0. The summed E-state index contributed by atoms with van der Waals surface area (Å²) in [6.45, 7) is 5.67. The first kappa shape index (κ1) is 19.5. The zero-order valence-electron chi connectivity index (χ0n) is 16.9. The Morgan fingerprint density at radius 3 is 2.83 bits per heavy atom. The highest BCUT2D eigenvalue weighted by atomic mass is 16.5. The number of aliphatic hydroxyl groups excluding tert-OH is 1. The van der Waals surface area contributed by atoms with Crippen molar-refractivity contribution in [3.05, 3.63) is 42.4 Å². The molecule has 0 radical (unpaired) electrons. The molecule has 0 fully saturated rings. The number of hydrogen-bond donors (Lipinski definition) is 2. The van der Waals surface area contributed by atoms with Gasteiger partial charge >= 0.3 is 0 Å². The predicted molar refractivity (Wildman–Crippen MR) is 111 cm³/mol. The Morgan fingerprint density at radius 2 is 2.10 bits per heavy atom. The van der Waals surface area contributed by atoms with E-state index < -0.39 is 0 Å². The molecule has 9 heteroatoms. The third-order valence-corrected chi connectivity index (χ3v) is 4.60. The Kier molecular flexibility index (Phi) is 5.16. The number of nitriles is 1. The van der Waals surface area contributed by atoms with Gasteiger partial charge in [-0.05, 0) is 45.0 Å². The average Bonchev–Trinajstić information content (AvgIpc) is 3.37. The first-order chi connectivity index (χ1) is 14.5. The lowest BCUT2D eigenvalue weighted by Gasteiger charge is -2.09. The van der Waals surface area contributed by atoms with E-state index in [0.717, 1.165) is 16.7 Å².